The second kappa shape index (κ2) is 4.85. The highest BCUT2D eigenvalue weighted by Crippen LogP contribution is 2.39. The van der Waals surface area contributed by atoms with E-state index in [0.717, 1.165) is 22.7 Å². The molecule has 6 heteroatoms. The summed E-state index contributed by atoms with van der Waals surface area (Å²) in [5, 5.41) is 10.8. The summed E-state index contributed by atoms with van der Waals surface area (Å²) < 4.78 is 0. The number of hydrogen-bond donors (Lipinski definition) is 1. The molecule has 2 heterocycles. The first-order chi connectivity index (χ1) is 8.75. The number of fused-ring (bicyclic) bond motifs is 3. The van der Waals surface area contributed by atoms with Crippen LogP contribution in [0.15, 0.2) is 11.4 Å². The number of carboxylic acid groups (broad SMARTS) is 1. The van der Waals surface area contributed by atoms with E-state index in [2.05, 4.69) is 9.97 Å². The molecule has 0 spiro atoms. The maximum Gasteiger partial charge on any atom is 0.304 e. The second-order valence-corrected chi connectivity index (χ2v) is 6.38. The lowest BCUT2D eigenvalue weighted by atomic mass is 10.2. The Kier molecular flexibility index (Phi) is 3.22. The third-order valence-corrected chi connectivity index (χ3v) is 5.21. The molecule has 0 saturated heterocycles. The van der Waals surface area contributed by atoms with Gasteiger partial charge in [-0.3, -0.25) is 4.79 Å². The van der Waals surface area contributed by atoms with Gasteiger partial charge < -0.3 is 5.11 Å². The molecule has 18 heavy (non-hydrogen) atoms. The Balaban J connectivity index is 1.93. The quantitative estimate of drug-likeness (QED) is 0.689. The summed E-state index contributed by atoms with van der Waals surface area (Å²) in [4.78, 5) is 21.7. The lowest BCUT2D eigenvalue weighted by Crippen LogP contribution is -1.96. The monoisotopic (exact) mass is 280 g/mol. The van der Waals surface area contributed by atoms with Crippen LogP contribution >= 0.6 is 23.1 Å². The average molecular weight is 280 g/mol. The number of aliphatic carboxylic acids is 1. The zero-order valence-electron chi connectivity index (χ0n) is 9.68. The Labute approximate surface area is 112 Å². The first-order valence-corrected chi connectivity index (χ1v) is 7.66. The van der Waals surface area contributed by atoms with E-state index >= 15 is 0 Å². The van der Waals surface area contributed by atoms with Gasteiger partial charge in [-0.05, 0) is 24.8 Å². The van der Waals surface area contributed by atoms with E-state index in [1.165, 1.54) is 34.0 Å². The van der Waals surface area contributed by atoms with Gasteiger partial charge >= 0.3 is 5.97 Å². The van der Waals surface area contributed by atoms with Crippen LogP contribution in [0.4, 0.5) is 0 Å². The summed E-state index contributed by atoms with van der Waals surface area (Å²) in [5.74, 6) is -0.199. The Morgan fingerprint density at radius 1 is 1.44 bits per heavy atom. The van der Waals surface area contributed by atoms with Crippen molar-refractivity contribution in [2.75, 3.05) is 5.75 Å². The maximum absolute atomic E-state index is 10.5. The summed E-state index contributed by atoms with van der Waals surface area (Å²) in [7, 11) is 0. The second-order valence-electron chi connectivity index (χ2n) is 4.21. The minimum atomic E-state index is -0.761. The van der Waals surface area contributed by atoms with E-state index in [-0.39, 0.29) is 6.42 Å². The van der Waals surface area contributed by atoms with Crippen molar-refractivity contribution < 1.29 is 9.90 Å². The minimum Gasteiger partial charge on any atom is -0.481 e. The van der Waals surface area contributed by atoms with Gasteiger partial charge in [0, 0.05) is 16.0 Å². The summed E-state index contributed by atoms with van der Waals surface area (Å²) in [6.07, 6.45) is 5.22. The van der Waals surface area contributed by atoms with Crippen LogP contribution < -0.4 is 0 Å². The molecular formula is C12H12N2O2S2. The normalized spacial score (nSPS) is 14.0. The van der Waals surface area contributed by atoms with E-state index in [9.17, 15) is 4.79 Å². The van der Waals surface area contributed by atoms with Gasteiger partial charge in [0.05, 0.1) is 6.42 Å². The molecular weight excluding hydrogens is 268 g/mol. The number of aromatic nitrogens is 2. The van der Waals surface area contributed by atoms with E-state index in [1.54, 1.807) is 17.7 Å². The van der Waals surface area contributed by atoms with Gasteiger partial charge in [0.1, 0.15) is 16.2 Å². The van der Waals surface area contributed by atoms with Crippen molar-refractivity contribution >= 4 is 39.3 Å². The predicted molar refractivity (Wildman–Crippen MR) is 72.4 cm³/mol. The lowest BCUT2D eigenvalue weighted by molar-refractivity contribution is -0.136. The summed E-state index contributed by atoms with van der Waals surface area (Å²) in [6.45, 7) is 0. The van der Waals surface area contributed by atoms with Gasteiger partial charge in [-0.25, -0.2) is 9.97 Å². The number of thiophene rings is 1. The third-order valence-electron chi connectivity index (χ3n) is 3.02. The minimum absolute atomic E-state index is 0.169. The molecule has 0 radical (unpaired) electrons. The molecule has 1 aliphatic carbocycles. The number of nitrogens with zero attached hydrogens (tertiary/aromatic N) is 2. The molecule has 4 nitrogen and oxygen atoms in total. The molecule has 0 bridgehead atoms. The SMILES string of the molecule is O=C(O)CCSc1ncnc2sc3c(c12)CCC3. The molecule has 2 aromatic rings. The van der Waals surface area contributed by atoms with Crippen LogP contribution in [0.3, 0.4) is 0 Å². The number of carboxylic acids is 1. The maximum atomic E-state index is 10.5. The van der Waals surface area contributed by atoms with Crippen molar-refractivity contribution in [1.29, 1.82) is 0 Å². The summed E-state index contributed by atoms with van der Waals surface area (Å²) in [6, 6.07) is 0. The number of aryl methyl sites for hydroxylation is 2. The predicted octanol–water partition coefficient (Wildman–Crippen LogP) is 2.75. The van der Waals surface area contributed by atoms with Crippen molar-refractivity contribution in [2.24, 2.45) is 0 Å². The number of thioether (sulfide) groups is 1. The van der Waals surface area contributed by atoms with Crippen molar-refractivity contribution in [2.45, 2.75) is 30.7 Å². The number of carbonyl (C=O) groups is 1. The molecule has 0 fully saturated rings. The van der Waals surface area contributed by atoms with Crippen molar-refractivity contribution in [1.82, 2.24) is 9.97 Å². The Morgan fingerprint density at radius 3 is 3.17 bits per heavy atom. The van der Waals surface area contributed by atoms with Gasteiger partial charge in [0.15, 0.2) is 0 Å². The van der Waals surface area contributed by atoms with Crippen LogP contribution in [-0.2, 0) is 17.6 Å². The van der Waals surface area contributed by atoms with Crippen LogP contribution in [0.25, 0.3) is 10.2 Å². The van der Waals surface area contributed by atoms with Gasteiger partial charge in [-0.2, -0.15) is 0 Å². The van der Waals surface area contributed by atoms with Crippen molar-refractivity contribution in [3.05, 3.63) is 16.8 Å². The fraction of sp³-hybridized carbons (Fsp3) is 0.417. The van der Waals surface area contributed by atoms with Crippen molar-refractivity contribution in [3.63, 3.8) is 0 Å². The summed E-state index contributed by atoms with van der Waals surface area (Å²) in [5.41, 5.74) is 1.40. The molecule has 0 saturated carbocycles. The zero-order chi connectivity index (χ0) is 12.5. The van der Waals surface area contributed by atoms with Gasteiger partial charge in [0.2, 0.25) is 0 Å². The Morgan fingerprint density at radius 2 is 2.33 bits per heavy atom. The zero-order valence-corrected chi connectivity index (χ0v) is 11.3. The standard InChI is InChI=1S/C12H12N2O2S2/c15-9(16)4-5-17-11-10-7-2-1-3-8(7)18-12(10)14-6-13-11/h6H,1-5H2,(H,15,16). The number of hydrogen-bond acceptors (Lipinski definition) is 5. The first kappa shape index (κ1) is 11.9. The van der Waals surface area contributed by atoms with E-state index in [4.69, 9.17) is 5.11 Å². The molecule has 0 amide bonds. The van der Waals surface area contributed by atoms with Gasteiger partial charge in [0.25, 0.3) is 0 Å². The van der Waals surface area contributed by atoms with Gasteiger partial charge in [-0.1, -0.05) is 0 Å². The molecule has 2 aromatic heterocycles. The molecule has 0 unspecified atom stereocenters. The molecule has 0 aliphatic heterocycles. The van der Waals surface area contributed by atoms with Gasteiger partial charge in [-0.15, -0.1) is 23.1 Å². The molecule has 0 atom stereocenters. The fourth-order valence-electron chi connectivity index (χ4n) is 2.24. The van der Waals surface area contributed by atoms with Crippen LogP contribution in [0.5, 0.6) is 0 Å². The first-order valence-electron chi connectivity index (χ1n) is 5.85. The highest BCUT2D eigenvalue weighted by Gasteiger charge is 2.21. The van der Waals surface area contributed by atoms with Crippen LogP contribution in [0, 0.1) is 0 Å². The Bertz CT molecular complexity index is 609. The topological polar surface area (TPSA) is 63.1 Å². The highest BCUT2D eigenvalue weighted by molar-refractivity contribution is 7.99. The molecule has 94 valence electrons. The van der Waals surface area contributed by atoms with Crippen LogP contribution in [0.1, 0.15) is 23.3 Å². The van der Waals surface area contributed by atoms with Crippen molar-refractivity contribution in [3.8, 4) is 0 Å². The third kappa shape index (κ3) is 2.10. The Hall–Kier alpha value is -1.14. The average Bonchev–Trinajstić information content (AvgIpc) is 2.88. The molecule has 1 N–H and O–H groups in total. The molecule has 1 aliphatic rings. The van der Waals surface area contributed by atoms with Crippen LogP contribution in [0.2, 0.25) is 0 Å². The molecule has 0 aromatic carbocycles. The largest absolute Gasteiger partial charge is 0.481 e. The van der Waals surface area contributed by atoms with Crippen LogP contribution in [-0.4, -0.2) is 26.8 Å². The molecule has 3 rings (SSSR count). The lowest BCUT2D eigenvalue weighted by Gasteiger charge is -2.02. The van der Waals surface area contributed by atoms with E-state index in [0.29, 0.717) is 5.75 Å². The summed E-state index contributed by atoms with van der Waals surface area (Å²) >= 11 is 3.28. The van der Waals surface area contributed by atoms with E-state index in [1.807, 2.05) is 0 Å². The highest BCUT2D eigenvalue weighted by atomic mass is 32.2. The smallest absolute Gasteiger partial charge is 0.304 e. The number of rotatable bonds is 4. The fourth-order valence-corrected chi connectivity index (χ4v) is 4.49. The van der Waals surface area contributed by atoms with E-state index < -0.39 is 5.97 Å².